The van der Waals surface area contributed by atoms with Gasteiger partial charge in [0, 0.05) is 6.54 Å². The Labute approximate surface area is 173 Å². The van der Waals surface area contributed by atoms with Gasteiger partial charge in [-0.2, -0.15) is 0 Å². The van der Waals surface area contributed by atoms with E-state index in [9.17, 15) is 9.59 Å². The fraction of sp³-hybridized carbons (Fsp3) is 0.286. The van der Waals surface area contributed by atoms with Crippen molar-refractivity contribution in [2.24, 2.45) is 5.16 Å². The second-order valence-corrected chi connectivity index (χ2v) is 6.32. The molecule has 0 saturated heterocycles. The van der Waals surface area contributed by atoms with E-state index in [2.05, 4.69) is 10.5 Å². The Balaban J connectivity index is 1.36. The van der Waals surface area contributed by atoms with Gasteiger partial charge in [0.05, 0.1) is 13.3 Å². The average molecular weight is 414 g/mol. The Morgan fingerprint density at radius 2 is 1.93 bits per heavy atom. The van der Waals surface area contributed by atoms with Crippen molar-refractivity contribution < 1.29 is 33.4 Å². The minimum Gasteiger partial charge on any atom is -0.497 e. The largest absolute Gasteiger partial charge is 0.497 e. The van der Waals surface area contributed by atoms with E-state index in [1.807, 2.05) is 6.07 Å². The standard InChI is InChI=1S/C21H22N2O7/c1-14(21(25)22-10-16-5-8-18-19(9-16)28-13-27-18)30-20(24)12-29-23-11-15-3-6-17(26-2)7-4-15/h3-9,11,14H,10,12-13H2,1-2H3,(H,22,25)/b23-11-/t14-/m0/s1. The molecular formula is C21H22N2O7. The summed E-state index contributed by atoms with van der Waals surface area (Å²) >= 11 is 0. The van der Waals surface area contributed by atoms with Crippen LogP contribution >= 0.6 is 0 Å². The number of hydrogen-bond donors (Lipinski definition) is 1. The van der Waals surface area contributed by atoms with Crippen LogP contribution in [0.1, 0.15) is 18.1 Å². The number of hydrogen-bond acceptors (Lipinski definition) is 8. The number of esters is 1. The van der Waals surface area contributed by atoms with Gasteiger partial charge in [0.2, 0.25) is 13.4 Å². The number of methoxy groups -OCH3 is 1. The molecule has 2 aromatic carbocycles. The normalized spacial score (nSPS) is 13.0. The number of nitrogens with one attached hydrogen (secondary N) is 1. The van der Waals surface area contributed by atoms with E-state index in [0.29, 0.717) is 11.5 Å². The molecule has 1 aliphatic rings. The second-order valence-electron chi connectivity index (χ2n) is 6.32. The highest BCUT2D eigenvalue weighted by Crippen LogP contribution is 2.32. The predicted molar refractivity (Wildman–Crippen MR) is 107 cm³/mol. The van der Waals surface area contributed by atoms with Crippen molar-refractivity contribution in [1.82, 2.24) is 5.32 Å². The maximum atomic E-state index is 12.1. The summed E-state index contributed by atoms with van der Waals surface area (Å²) in [4.78, 5) is 28.8. The van der Waals surface area contributed by atoms with Crippen LogP contribution in [-0.4, -0.2) is 44.7 Å². The van der Waals surface area contributed by atoms with Crippen molar-refractivity contribution in [3.05, 3.63) is 53.6 Å². The molecule has 1 aliphatic heterocycles. The highest BCUT2D eigenvalue weighted by atomic mass is 16.7. The van der Waals surface area contributed by atoms with E-state index in [0.717, 1.165) is 16.9 Å². The van der Waals surface area contributed by atoms with Crippen LogP contribution < -0.4 is 19.5 Å². The summed E-state index contributed by atoms with van der Waals surface area (Å²) in [6.07, 6.45) is 0.481. The number of amides is 1. The number of rotatable bonds is 9. The first-order valence-electron chi connectivity index (χ1n) is 9.20. The third-order valence-electron chi connectivity index (χ3n) is 4.16. The quantitative estimate of drug-likeness (QED) is 0.380. The first-order valence-corrected chi connectivity index (χ1v) is 9.20. The lowest BCUT2D eigenvalue weighted by Gasteiger charge is -2.13. The van der Waals surface area contributed by atoms with Gasteiger partial charge in [0.25, 0.3) is 5.91 Å². The van der Waals surface area contributed by atoms with Gasteiger partial charge in [0.1, 0.15) is 5.75 Å². The summed E-state index contributed by atoms with van der Waals surface area (Å²) in [5.41, 5.74) is 1.61. The second kappa shape index (κ2) is 10.1. The minimum atomic E-state index is -0.972. The summed E-state index contributed by atoms with van der Waals surface area (Å²) in [7, 11) is 1.58. The number of carbonyl (C=O) groups is 2. The van der Waals surface area contributed by atoms with Crippen molar-refractivity contribution in [2.45, 2.75) is 19.6 Å². The third kappa shape index (κ3) is 5.87. The van der Waals surface area contributed by atoms with Gasteiger partial charge >= 0.3 is 5.97 Å². The van der Waals surface area contributed by atoms with Gasteiger partial charge in [0.15, 0.2) is 17.6 Å². The number of fused-ring (bicyclic) bond motifs is 1. The molecule has 0 fully saturated rings. The molecule has 0 aromatic heterocycles. The van der Waals surface area contributed by atoms with Crippen LogP contribution in [0.4, 0.5) is 0 Å². The topological polar surface area (TPSA) is 105 Å². The van der Waals surface area contributed by atoms with E-state index >= 15 is 0 Å². The minimum absolute atomic E-state index is 0.185. The summed E-state index contributed by atoms with van der Waals surface area (Å²) in [5.74, 6) is 0.897. The summed E-state index contributed by atoms with van der Waals surface area (Å²) in [6.45, 7) is 1.52. The van der Waals surface area contributed by atoms with E-state index in [1.54, 1.807) is 43.5 Å². The zero-order valence-corrected chi connectivity index (χ0v) is 16.6. The molecule has 1 heterocycles. The highest BCUT2D eigenvalue weighted by Gasteiger charge is 2.18. The average Bonchev–Trinajstić information content (AvgIpc) is 3.23. The summed E-state index contributed by atoms with van der Waals surface area (Å²) < 4.78 is 20.6. The number of benzene rings is 2. The zero-order chi connectivity index (χ0) is 21.3. The van der Waals surface area contributed by atoms with Crippen molar-refractivity contribution in [1.29, 1.82) is 0 Å². The molecule has 0 saturated carbocycles. The van der Waals surface area contributed by atoms with Crippen LogP contribution in [0.5, 0.6) is 17.2 Å². The lowest BCUT2D eigenvalue weighted by atomic mass is 10.2. The summed E-state index contributed by atoms with van der Waals surface area (Å²) in [6, 6.07) is 12.5. The SMILES string of the molecule is COc1ccc(/C=N\OCC(=O)O[C@@H](C)C(=O)NCc2ccc3c(c2)OCO3)cc1. The fourth-order valence-electron chi connectivity index (χ4n) is 2.55. The molecule has 158 valence electrons. The number of nitrogens with zero attached hydrogens (tertiary/aromatic N) is 1. The van der Waals surface area contributed by atoms with Crippen molar-refractivity contribution in [3.8, 4) is 17.2 Å². The fourth-order valence-corrected chi connectivity index (χ4v) is 2.55. The molecule has 0 radical (unpaired) electrons. The lowest BCUT2D eigenvalue weighted by Crippen LogP contribution is -2.36. The third-order valence-corrected chi connectivity index (χ3v) is 4.16. The molecule has 0 spiro atoms. The number of carbonyl (C=O) groups excluding carboxylic acids is 2. The summed E-state index contributed by atoms with van der Waals surface area (Å²) in [5, 5.41) is 6.40. The van der Waals surface area contributed by atoms with Gasteiger partial charge < -0.3 is 29.1 Å². The molecule has 0 bridgehead atoms. The molecular weight excluding hydrogens is 392 g/mol. The van der Waals surface area contributed by atoms with E-state index < -0.39 is 24.6 Å². The molecule has 2 aromatic rings. The maximum absolute atomic E-state index is 12.1. The number of oxime groups is 1. The first kappa shape index (κ1) is 21.0. The van der Waals surface area contributed by atoms with Gasteiger partial charge in [-0.3, -0.25) is 4.79 Å². The predicted octanol–water partition coefficient (Wildman–Crippen LogP) is 2.02. The Morgan fingerprint density at radius 3 is 2.70 bits per heavy atom. The molecule has 1 amide bonds. The van der Waals surface area contributed by atoms with Gasteiger partial charge in [-0.05, 0) is 54.4 Å². The molecule has 0 unspecified atom stereocenters. The zero-order valence-electron chi connectivity index (χ0n) is 16.6. The molecule has 30 heavy (non-hydrogen) atoms. The molecule has 3 rings (SSSR count). The van der Waals surface area contributed by atoms with Crippen LogP contribution in [0, 0.1) is 0 Å². The molecule has 9 nitrogen and oxygen atoms in total. The van der Waals surface area contributed by atoms with Gasteiger partial charge in [-0.1, -0.05) is 11.2 Å². The van der Waals surface area contributed by atoms with Crippen LogP contribution in [-0.2, 0) is 25.7 Å². The monoisotopic (exact) mass is 414 g/mol. The van der Waals surface area contributed by atoms with Crippen molar-refractivity contribution in [3.63, 3.8) is 0 Å². The number of ether oxygens (including phenoxy) is 4. The Morgan fingerprint density at radius 1 is 1.17 bits per heavy atom. The van der Waals surface area contributed by atoms with Gasteiger partial charge in [-0.15, -0.1) is 0 Å². The molecule has 9 heteroatoms. The van der Waals surface area contributed by atoms with Crippen LogP contribution in [0.3, 0.4) is 0 Å². The van der Waals surface area contributed by atoms with E-state index in [1.165, 1.54) is 13.1 Å². The van der Waals surface area contributed by atoms with Crippen LogP contribution in [0.15, 0.2) is 47.6 Å². The highest BCUT2D eigenvalue weighted by molar-refractivity contribution is 5.83. The van der Waals surface area contributed by atoms with E-state index in [4.69, 9.17) is 23.8 Å². The Hall–Kier alpha value is -3.75. The van der Waals surface area contributed by atoms with Crippen molar-refractivity contribution >= 4 is 18.1 Å². The Kier molecular flexibility index (Phi) is 7.09. The smallest absolute Gasteiger partial charge is 0.347 e. The maximum Gasteiger partial charge on any atom is 0.347 e. The van der Waals surface area contributed by atoms with E-state index in [-0.39, 0.29) is 13.3 Å². The molecule has 0 aliphatic carbocycles. The molecule has 1 N–H and O–H groups in total. The lowest BCUT2D eigenvalue weighted by molar-refractivity contribution is -0.159. The van der Waals surface area contributed by atoms with Crippen molar-refractivity contribution in [2.75, 3.05) is 20.5 Å². The Bertz CT molecular complexity index is 912. The van der Waals surface area contributed by atoms with Gasteiger partial charge in [-0.25, -0.2) is 4.79 Å². The van der Waals surface area contributed by atoms with Crippen LogP contribution in [0.25, 0.3) is 0 Å². The van der Waals surface area contributed by atoms with Crippen LogP contribution in [0.2, 0.25) is 0 Å². The first-order chi connectivity index (χ1) is 14.5. The molecule has 1 atom stereocenters.